The van der Waals surface area contributed by atoms with Crippen molar-refractivity contribution in [1.29, 1.82) is 0 Å². The molecule has 0 bridgehead atoms. The van der Waals surface area contributed by atoms with Gasteiger partial charge in [-0.1, -0.05) is 12.2 Å². The van der Waals surface area contributed by atoms with Crippen LogP contribution >= 0.6 is 12.2 Å². The Kier molecular flexibility index (Phi) is 4.14. The zero-order valence-electron chi connectivity index (χ0n) is 11.0. The minimum Gasteiger partial charge on any atom is -0.389 e. The van der Waals surface area contributed by atoms with Crippen LogP contribution in [0.1, 0.15) is 18.4 Å². The van der Waals surface area contributed by atoms with Crippen molar-refractivity contribution in [2.75, 3.05) is 32.1 Å². The standard InChI is InChI=1S/C13H20N4S/c1-16-7-3-4-11(16)9-17(2)12-6-5-10(8-15-12)13(14)18/h5-6,8,11H,3-4,7,9H2,1-2H3,(H2,14,18). The average Bonchev–Trinajstić information content (AvgIpc) is 2.75. The number of pyridine rings is 1. The molecule has 2 heterocycles. The fraction of sp³-hybridized carbons (Fsp3) is 0.538. The molecule has 0 spiro atoms. The fourth-order valence-electron chi connectivity index (χ4n) is 2.38. The maximum absolute atomic E-state index is 5.56. The summed E-state index contributed by atoms with van der Waals surface area (Å²) in [5, 5.41) is 0. The van der Waals surface area contributed by atoms with Gasteiger partial charge in [-0.2, -0.15) is 0 Å². The molecule has 1 saturated heterocycles. The first-order valence-corrected chi connectivity index (χ1v) is 6.66. The number of hydrogen-bond acceptors (Lipinski definition) is 4. The molecule has 0 aliphatic carbocycles. The van der Waals surface area contributed by atoms with Gasteiger partial charge in [0.05, 0.1) is 0 Å². The van der Waals surface area contributed by atoms with Gasteiger partial charge >= 0.3 is 0 Å². The zero-order chi connectivity index (χ0) is 13.1. The van der Waals surface area contributed by atoms with E-state index in [1.54, 1.807) is 6.20 Å². The van der Waals surface area contributed by atoms with Crippen molar-refractivity contribution in [2.45, 2.75) is 18.9 Å². The Morgan fingerprint density at radius 2 is 2.39 bits per heavy atom. The van der Waals surface area contributed by atoms with Gasteiger partial charge in [-0.15, -0.1) is 0 Å². The molecule has 0 saturated carbocycles. The van der Waals surface area contributed by atoms with Crippen LogP contribution in [0, 0.1) is 0 Å². The molecule has 1 aromatic heterocycles. The molecule has 2 N–H and O–H groups in total. The Labute approximate surface area is 114 Å². The highest BCUT2D eigenvalue weighted by molar-refractivity contribution is 7.80. The number of rotatable bonds is 4. The molecule has 1 fully saturated rings. The summed E-state index contributed by atoms with van der Waals surface area (Å²) < 4.78 is 0. The lowest BCUT2D eigenvalue weighted by Crippen LogP contribution is -2.36. The summed E-state index contributed by atoms with van der Waals surface area (Å²) >= 11 is 4.92. The van der Waals surface area contributed by atoms with E-state index in [1.807, 2.05) is 12.1 Å². The van der Waals surface area contributed by atoms with Crippen molar-refractivity contribution in [3.8, 4) is 0 Å². The third kappa shape index (κ3) is 2.97. The van der Waals surface area contributed by atoms with E-state index in [0.29, 0.717) is 11.0 Å². The number of thiocarbonyl (C=S) groups is 1. The summed E-state index contributed by atoms with van der Waals surface area (Å²) in [7, 11) is 4.27. The van der Waals surface area contributed by atoms with Crippen LogP contribution in [0.15, 0.2) is 18.3 Å². The summed E-state index contributed by atoms with van der Waals surface area (Å²) in [6.45, 7) is 2.21. The number of hydrogen-bond donors (Lipinski definition) is 1. The molecule has 1 aliphatic rings. The van der Waals surface area contributed by atoms with Crippen molar-refractivity contribution in [3.63, 3.8) is 0 Å². The highest BCUT2D eigenvalue weighted by Gasteiger charge is 2.22. The van der Waals surface area contributed by atoms with Gasteiger partial charge in [0.25, 0.3) is 0 Å². The Hall–Kier alpha value is -1.20. The van der Waals surface area contributed by atoms with Gasteiger partial charge in [-0.05, 0) is 38.6 Å². The van der Waals surface area contributed by atoms with Crippen LogP contribution in [-0.4, -0.2) is 48.1 Å². The molecule has 0 amide bonds. The molecule has 98 valence electrons. The third-order valence-corrected chi connectivity index (χ3v) is 3.82. The summed E-state index contributed by atoms with van der Waals surface area (Å²) in [6.07, 6.45) is 4.31. The summed E-state index contributed by atoms with van der Waals surface area (Å²) in [5.41, 5.74) is 6.38. The topological polar surface area (TPSA) is 45.4 Å². The first-order valence-electron chi connectivity index (χ1n) is 6.25. The van der Waals surface area contributed by atoms with Gasteiger partial charge in [0.15, 0.2) is 0 Å². The molecule has 1 atom stereocenters. The molecule has 1 aromatic rings. The van der Waals surface area contributed by atoms with Gasteiger partial charge in [-0.25, -0.2) is 4.98 Å². The molecule has 1 aliphatic heterocycles. The largest absolute Gasteiger partial charge is 0.389 e. The van der Waals surface area contributed by atoms with Crippen molar-refractivity contribution in [1.82, 2.24) is 9.88 Å². The van der Waals surface area contributed by atoms with Crippen LogP contribution in [0.5, 0.6) is 0 Å². The lowest BCUT2D eigenvalue weighted by atomic mass is 10.2. The predicted octanol–water partition coefficient (Wildman–Crippen LogP) is 1.25. The van der Waals surface area contributed by atoms with Crippen molar-refractivity contribution >= 4 is 23.0 Å². The van der Waals surface area contributed by atoms with E-state index in [1.165, 1.54) is 19.4 Å². The van der Waals surface area contributed by atoms with E-state index in [0.717, 1.165) is 17.9 Å². The molecule has 4 nitrogen and oxygen atoms in total. The van der Waals surface area contributed by atoms with E-state index >= 15 is 0 Å². The first-order chi connectivity index (χ1) is 8.58. The molecule has 1 unspecified atom stereocenters. The Morgan fingerprint density at radius 1 is 1.61 bits per heavy atom. The van der Waals surface area contributed by atoms with Gasteiger partial charge in [0, 0.05) is 31.4 Å². The minimum absolute atomic E-state index is 0.396. The second kappa shape index (κ2) is 5.63. The van der Waals surface area contributed by atoms with E-state index in [2.05, 4.69) is 28.9 Å². The molecule has 18 heavy (non-hydrogen) atoms. The fourth-order valence-corrected chi connectivity index (χ4v) is 2.50. The monoisotopic (exact) mass is 264 g/mol. The molecular weight excluding hydrogens is 244 g/mol. The van der Waals surface area contributed by atoms with Crippen LogP contribution in [0.4, 0.5) is 5.82 Å². The van der Waals surface area contributed by atoms with Gasteiger partial charge in [0.1, 0.15) is 10.8 Å². The van der Waals surface area contributed by atoms with Crippen molar-refractivity contribution in [3.05, 3.63) is 23.9 Å². The number of likely N-dealkylation sites (N-methyl/N-ethyl adjacent to an activating group) is 2. The molecule has 2 rings (SSSR count). The zero-order valence-corrected chi connectivity index (χ0v) is 11.8. The summed E-state index contributed by atoms with van der Waals surface area (Å²) in [5.74, 6) is 0.968. The van der Waals surface area contributed by atoms with Crippen LogP contribution in [0.2, 0.25) is 0 Å². The number of anilines is 1. The predicted molar refractivity (Wildman–Crippen MR) is 79.0 cm³/mol. The van der Waals surface area contributed by atoms with Crippen molar-refractivity contribution < 1.29 is 0 Å². The summed E-state index contributed by atoms with van der Waals surface area (Å²) in [4.78, 5) is 9.41. The first kappa shape index (κ1) is 13.2. The Bertz CT molecular complexity index is 418. The highest BCUT2D eigenvalue weighted by atomic mass is 32.1. The van der Waals surface area contributed by atoms with E-state index < -0.39 is 0 Å². The minimum atomic E-state index is 0.396. The van der Waals surface area contributed by atoms with Crippen LogP contribution in [0.25, 0.3) is 0 Å². The number of nitrogens with zero attached hydrogens (tertiary/aromatic N) is 3. The van der Waals surface area contributed by atoms with Crippen LogP contribution < -0.4 is 10.6 Å². The van der Waals surface area contributed by atoms with E-state index in [-0.39, 0.29) is 0 Å². The van der Waals surface area contributed by atoms with Crippen LogP contribution in [-0.2, 0) is 0 Å². The number of aromatic nitrogens is 1. The van der Waals surface area contributed by atoms with Gasteiger partial charge < -0.3 is 15.5 Å². The average molecular weight is 264 g/mol. The number of nitrogens with two attached hydrogens (primary N) is 1. The Balaban J connectivity index is 2.00. The molecule has 0 radical (unpaired) electrons. The molecule has 5 heteroatoms. The normalized spacial score (nSPS) is 20.0. The maximum atomic E-state index is 5.56. The second-order valence-electron chi connectivity index (χ2n) is 4.93. The third-order valence-electron chi connectivity index (χ3n) is 3.58. The second-order valence-corrected chi connectivity index (χ2v) is 5.37. The molecule has 0 aromatic carbocycles. The quantitative estimate of drug-likeness (QED) is 0.829. The van der Waals surface area contributed by atoms with Gasteiger partial charge in [0.2, 0.25) is 0 Å². The highest BCUT2D eigenvalue weighted by Crippen LogP contribution is 2.18. The number of likely N-dealkylation sites (tertiary alicyclic amines) is 1. The van der Waals surface area contributed by atoms with E-state index in [4.69, 9.17) is 18.0 Å². The van der Waals surface area contributed by atoms with Crippen molar-refractivity contribution in [2.24, 2.45) is 5.73 Å². The van der Waals surface area contributed by atoms with Gasteiger partial charge in [-0.3, -0.25) is 0 Å². The maximum Gasteiger partial charge on any atom is 0.128 e. The lowest BCUT2D eigenvalue weighted by Gasteiger charge is -2.26. The lowest BCUT2D eigenvalue weighted by molar-refractivity contribution is 0.314. The smallest absolute Gasteiger partial charge is 0.128 e. The summed E-state index contributed by atoms with van der Waals surface area (Å²) in [6, 6.07) is 4.54. The molecular formula is C13H20N4S. The SMILES string of the molecule is CN(CC1CCCN1C)c1ccc(C(N)=S)cn1. The van der Waals surface area contributed by atoms with Crippen LogP contribution in [0.3, 0.4) is 0 Å². The Morgan fingerprint density at radius 3 is 2.89 bits per heavy atom. The van der Waals surface area contributed by atoms with E-state index in [9.17, 15) is 0 Å².